The van der Waals surface area contributed by atoms with Crippen LogP contribution in [-0.2, 0) is 0 Å². The summed E-state index contributed by atoms with van der Waals surface area (Å²) in [6.07, 6.45) is 0.893. The number of nitriles is 1. The number of non-ortho nitro benzene ring substituents is 1. The fourth-order valence-electron chi connectivity index (χ4n) is 3.55. The summed E-state index contributed by atoms with van der Waals surface area (Å²) in [5, 5.41) is 28.1. The zero-order chi connectivity index (χ0) is 22.0. The van der Waals surface area contributed by atoms with Gasteiger partial charge in [0.2, 0.25) is 11.8 Å². The van der Waals surface area contributed by atoms with E-state index in [-0.39, 0.29) is 23.0 Å². The van der Waals surface area contributed by atoms with Crippen molar-refractivity contribution < 1.29 is 14.4 Å². The summed E-state index contributed by atoms with van der Waals surface area (Å²) in [7, 11) is 0. The molecule has 3 aromatic rings. The van der Waals surface area contributed by atoms with Crippen LogP contribution in [0.5, 0.6) is 11.6 Å². The third kappa shape index (κ3) is 3.67. The van der Waals surface area contributed by atoms with E-state index in [4.69, 9.17) is 15.2 Å². The highest BCUT2D eigenvalue weighted by atomic mass is 16.6. The highest BCUT2D eigenvalue weighted by Gasteiger charge is 2.35. The fraction of sp³-hybridized carbons (Fsp3) is 0.182. The maximum absolute atomic E-state index is 11.2. The van der Waals surface area contributed by atoms with E-state index in [2.05, 4.69) is 16.3 Å². The topological polar surface area (TPSA) is 140 Å². The van der Waals surface area contributed by atoms with Gasteiger partial charge in [0.1, 0.15) is 17.4 Å². The van der Waals surface area contributed by atoms with Crippen molar-refractivity contribution in [3.63, 3.8) is 0 Å². The van der Waals surface area contributed by atoms with Gasteiger partial charge in [-0.25, -0.2) is 0 Å². The molecule has 0 bridgehead atoms. The predicted molar refractivity (Wildman–Crippen MR) is 112 cm³/mol. The molecule has 9 nitrogen and oxygen atoms in total. The molecule has 2 aromatic carbocycles. The van der Waals surface area contributed by atoms with Crippen LogP contribution in [-0.4, -0.2) is 21.7 Å². The van der Waals surface area contributed by atoms with Gasteiger partial charge in [0.25, 0.3) is 5.69 Å². The molecule has 0 unspecified atom stereocenters. The lowest BCUT2D eigenvalue weighted by molar-refractivity contribution is -0.384. The number of allylic oxidation sites excluding steroid dienone is 1. The molecule has 1 atom stereocenters. The van der Waals surface area contributed by atoms with Crippen LogP contribution in [0.4, 0.5) is 5.69 Å². The van der Waals surface area contributed by atoms with Gasteiger partial charge in [0.15, 0.2) is 0 Å². The Morgan fingerprint density at radius 2 is 2.10 bits per heavy atom. The molecule has 0 radical (unpaired) electrons. The van der Waals surface area contributed by atoms with Gasteiger partial charge in [-0.15, -0.1) is 5.10 Å². The molecule has 0 fully saturated rings. The van der Waals surface area contributed by atoms with Gasteiger partial charge in [-0.05, 0) is 24.1 Å². The molecule has 3 N–H and O–H groups in total. The summed E-state index contributed by atoms with van der Waals surface area (Å²) < 4.78 is 11.2. The summed E-state index contributed by atoms with van der Waals surface area (Å²) in [6, 6.07) is 15.7. The molecule has 9 heteroatoms. The van der Waals surface area contributed by atoms with Gasteiger partial charge in [0, 0.05) is 17.7 Å². The maximum atomic E-state index is 11.2. The van der Waals surface area contributed by atoms with Crippen LogP contribution in [0.1, 0.15) is 30.4 Å². The van der Waals surface area contributed by atoms with Gasteiger partial charge in [0.05, 0.1) is 28.7 Å². The molecule has 1 aromatic heterocycles. The van der Waals surface area contributed by atoms with E-state index in [9.17, 15) is 15.4 Å². The van der Waals surface area contributed by atoms with Crippen LogP contribution in [0, 0.1) is 21.4 Å². The standard InChI is InChI=1S/C22H19N5O4/c1-2-10-30-16-8-6-13(7-9-16)18-17(12-23)21(24)31-22-19(18)20(25-26-22)14-4-3-5-15(11-14)27(28)29/h3-9,11,18H,2,10,24H2,1H3,(H,25,26)/t18-/m0/s1. The molecule has 1 aliphatic rings. The lowest BCUT2D eigenvalue weighted by Crippen LogP contribution is -2.21. The summed E-state index contributed by atoms with van der Waals surface area (Å²) in [5.74, 6) is 0.374. The third-order valence-electron chi connectivity index (χ3n) is 4.97. The zero-order valence-corrected chi connectivity index (χ0v) is 16.7. The van der Waals surface area contributed by atoms with Crippen molar-refractivity contribution in [2.75, 3.05) is 6.61 Å². The van der Waals surface area contributed by atoms with Crippen LogP contribution < -0.4 is 15.2 Å². The Morgan fingerprint density at radius 3 is 2.77 bits per heavy atom. The molecule has 0 saturated heterocycles. The predicted octanol–water partition coefficient (Wildman–Crippen LogP) is 3.99. The SMILES string of the molecule is CCCOc1ccc([C@H]2C(C#N)=C(N)Oc3n[nH]c(-c4cccc([N+](=O)[O-])c4)c32)cc1. The highest BCUT2D eigenvalue weighted by Crippen LogP contribution is 2.46. The number of rotatable bonds is 6. The fourth-order valence-corrected chi connectivity index (χ4v) is 3.55. The van der Waals surface area contributed by atoms with Gasteiger partial charge in [-0.3, -0.25) is 15.2 Å². The second-order valence-corrected chi connectivity index (χ2v) is 6.97. The van der Waals surface area contributed by atoms with Crippen molar-refractivity contribution in [3.8, 4) is 29.0 Å². The molecule has 31 heavy (non-hydrogen) atoms. The first-order valence-corrected chi connectivity index (χ1v) is 9.67. The number of nitro benzene ring substituents is 1. The van der Waals surface area contributed by atoms with E-state index in [0.29, 0.717) is 23.4 Å². The Balaban J connectivity index is 1.83. The van der Waals surface area contributed by atoms with E-state index in [1.54, 1.807) is 12.1 Å². The molecule has 2 heterocycles. The summed E-state index contributed by atoms with van der Waals surface area (Å²) >= 11 is 0. The number of fused-ring (bicyclic) bond motifs is 1. The van der Waals surface area contributed by atoms with Crippen molar-refractivity contribution in [1.82, 2.24) is 10.2 Å². The Labute approximate surface area is 177 Å². The molecule has 0 saturated carbocycles. The number of aromatic nitrogens is 2. The lowest BCUT2D eigenvalue weighted by atomic mass is 9.83. The minimum Gasteiger partial charge on any atom is -0.494 e. The number of H-pyrrole nitrogens is 1. The number of nitrogens with one attached hydrogen (secondary N) is 1. The van der Waals surface area contributed by atoms with E-state index < -0.39 is 10.8 Å². The minimum absolute atomic E-state index is 0.0246. The molecule has 4 rings (SSSR count). The Hall–Kier alpha value is -4.32. The average molecular weight is 417 g/mol. The Morgan fingerprint density at radius 1 is 1.32 bits per heavy atom. The molecular weight excluding hydrogens is 398 g/mol. The number of hydrogen-bond acceptors (Lipinski definition) is 7. The maximum Gasteiger partial charge on any atom is 0.270 e. The largest absolute Gasteiger partial charge is 0.494 e. The van der Waals surface area contributed by atoms with Crippen molar-refractivity contribution in [3.05, 3.63) is 81.2 Å². The van der Waals surface area contributed by atoms with Crippen LogP contribution >= 0.6 is 0 Å². The van der Waals surface area contributed by atoms with Crippen LogP contribution in [0.3, 0.4) is 0 Å². The van der Waals surface area contributed by atoms with Gasteiger partial charge in [-0.2, -0.15) is 5.26 Å². The third-order valence-corrected chi connectivity index (χ3v) is 4.97. The molecule has 0 aliphatic carbocycles. The number of nitro groups is 1. The molecule has 0 spiro atoms. The first-order valence-electron chi connectivity index (χ1n) is 9.67. The second kappa shape index (κ2) is 8.20. The van der Waals surface area contributed by atoms with Crippen molar-refractivity contribution in [2.45, 2.75) is 19.3 Å². The number of benzene rings is 2. The van der Waals surface area contributed by atoms with Gasteiger partial charge >= 0.3 is 0 Å². The van der Waals surface area contributed by atoms with E-state index in [1.807, 2.05) is 31.2 Å². The molecule has 156 valence electrons. The number of aromatic amines is 1. The summed E-state index contributed by atoms with van der Waals surface area (Å²) in [5.41, 5.74) is 8.65. The van der Waals surface area contributed by atoms with Crippen LogP contribution in [0.2, 0.25) is 0 Å². The number of nitrogens with two attached hydrogens (primary N) is 1. The number of ether oxygens (including phenoxy) is 2. The molecular formula is C22H19N5O4. The summed E-state index contributed by atoms with van der Waals surface area (Å²) in [6.45, 7) is 2.63. The first-order chi connectivity index (χ1) is 15.0. The lowest BCUT2D eigenvalue weighted by Gasteiger charge is -2.24. The Kier molecular flexibility index (Phi) is 5.28. The molecule has 1 aliphatic heterocycles. The van der Waals surface area contributed by atoms with Crippen molar-refractivity contribution in [2.24, 2.45) is 5.73 Å². The normalized spacial score (nSPS) is 15.0. The van der Waals surface area contributed by atoms with Crippen LogP contribution in [0.15, 0.2) is 60.0 Å². The van der Waals surface area contributed by atoms with Crippen LogP contribution in [0.25, 0.3) is 11.3 Å². The van der Waals surface area contributed by atoms with Gasteiger partial charge < -0.3 is 15.2 Å². The Bertz CT molecular complexity index is 1210. The molecule has 0 amide bonds. The minimum atomic E-state index is -0.554. The van der Waals surface area contributed by atoms with Crippen molar-refractivity contribution in [1.29, 1.82) is 5.26 Å². The number of nitrogens with zero attached hydrogens (tertiary/aromatic N) is 3. The van der Waals surface area contributed by atoms with Gasteiger partial charge in [-0.1, -0.05) is 31.2 Å². The highest BCUT2D eigenvalue weighted by molar-refractivity contribution is 5.72. The first kappa shape index (κ1) is 20.0. The van der Waals surface area contributed by atoms with Crippen molar-refractivity contribution >= 4 is 5.69 Å². The van der Waals surface area contributed by atoms with E-state index in [1.165, 1.54) is 12.1 Å². The van der Waals surface area contributed by atoms with E-state index in [0.717, 1.165) is 17.7 Å². The zero-order valence-electron chi connectivity index (χ0n) is 16.7. The number of hydrogen-bond donors (Lipinski definition) is 2. The summed E-state index contributed by atoms with van der Waals surface area (Å²) in [4.78, 5) is 10.8. The quantitative estimate of drug-likeness (QED) is 0.456. The monoisotopic (exact) mass is 417 g/mol. The smallest absolute Gasteiger partial charge is 0.270 e. The average Bonchev–Trinajstić information content (AvgIpc) is 3.20. The van der Waals surface area contributed by atoms with E-state index >= 15 is 0 Å². The second-order valence-electron chi connectivity index (χ2n) is 6.97.